The summed E-state index contributed by atoms with van der Waals surface area (Å²) in [5, 5.41) is 2.89. The van der Waals surface area contributed by atoms with Crippen molar-refractivity contribution in [2.75, 3.05) is 7.11 Å². The third-order valence-electron chi connectivity index (χ3n) is 4.39. The Morgan fingerprint density at radius 2 is 2.04 bits per heavy atom. The number of hydrogen-bond acceptors (Lipinski definition) is 3. The van der Waals surface area contributed by atoms with Gasteiger partial charge in [-0.3, -0.25) is 4.79 Å². The fraction of sp³-hybridized carbons (Fsp3) is 0.350. The molecule has 0 spiro atoms. The Labute approximate surface area is 142 Å². The molecule has 2 aromatic rings. The van der Waals surface area contributed by atoms with Crippen molar-refractivity contribution in [3.05, 3.63) is 65.1 Å². The van der Waals surface area contributed by atoms with Crippen molar-refractivity contribution < 1.29 is 13.9 Å². The number of benzene rings is 1. The van der Waals surface area contributed by atoms with Crippen molar-refractivity contribution in [3.63, 3.8) is 0 Å². The van der Waals surface area contributed by atoms with Crippen molar-refractivity contribution >= 4 is 12.0 Å². The lowest BCUT2D eigenvalue weighted by Gasteiger charge is -2.08. The summed E-state index contributed by atoms with van der Waals surface area (Å²) < 4.78 is 10.9. The third-order valence-corrected chi connectivity index (χ3v) is 4.39. The van der Waals surface area contributed by atoms with Gasteiger partial charge < -0.3 is 14.5 Å². The molecule has 1 aliphatic rings. The Kier molecular flexibility index (Phi) is 5.16. The first-order valence-corrected chi connectivity index (χ1v) is 8.28. The molecule has 24 heavy (non-hydrogen) atoms. The smallest absolute Gasteiger partial charge is 0.244 e. The van der Waals surface area contributed by atoms with Gasteiger partial charge in [-0.25, -0.2) is 0 Å². The summed E-state index contributed by atoms with van der Waals surface area (Å²) in [5.74, 6) is 2.87. The molecule has 4 heteroatoms. The van der Waals surface area contributed by atoms with Crippen LogP contribution < -0.4 is 5.32 Å². The van der Waals surface area contributed by atoms with Crippen molar-refractivity contribution in [1.82, 2.24) is 5.32 Å². The molecule has 1 aromatic carbocycles. The van der Waals surface area contributed by atoms with Crippen LogP contribution in [-0.4, -0.2) is 13.0 Å². The lowest BCUT2D eigenvalue weighted by molar-refractivity contribution is -0.116. The van der Waals surface area contributed by atoms with Crippen LogP contribution in [0.2, 0.25) is 0 Å². The van der Waals surface area contributed by atoms with E-state index in [9.17, 15) is 4.79 Å². The maximum absolute atomic E-state index is 12.0. The second kappa shape index (κ2) is 7.49. The first-order valence-electron chi connectivity index (χ1n) is 8.28. The number of amides is 1. The molecule has 3 rings (SSSR count). The first-order chi connectivity index (χ1) is 11.7. The van der Waals surface area contributed by atoms with Crippen molar-refractivity contribution in [1.29, 1.82) is 0 Å². The molecule has 1 aliphatic carbocycles. The highest BCUT2D eigenvalue weighted by atomic mass is 16.5. The van der Waals surface area contributed by atoms with Gasteiger partial charge in [0, 0.05) is 25.6 Å². The fourth-order valence-corrected chi connectivity index (χ4v) is 2.80. The summed E-state index contributed by atoms with van der Waals surface area (Å²) in [6.45, 7) is 3.24. The van der Waals surface area contributed by atoms with Crippen LogP contribution in [0, 0.1) is 5.92 Å². The molecule has 2 unspecified atom stereocenters. The standard InChI is InChI=1S/C20H23NO3/c1-14-11-18(14)19-9-7-17(24-19)8-10-20(22)21-12-15-5-3-4-6-16(15)13-23-2/h3-10,14,18H,11-13H2,1-2H3,(H,21,22). The van der Waals surface area contributed by atoms with Crippen LogP contribution in [0.5, 0.6) is 0 Å². The van der Waals surface area contributed by atoms with Gasteiger partial charge in [-0.05, 0) is 41.7 Å². The summed E-state index contributed by atoms with van der Waals surface area (Å²) in [7, 11) is 1.66. The predicted molar refractivity (Wildman–Crippen MR) is 93.3 cm³/mol. The molecule has 2 atom stereocenters. The SMILES string of the molecule is COCc1ccccc1CNC(=O)C=Cc1ccc(C2CC2C)o1. The van der Waals surface area contributed by atoms with E-state index < -0.39 is 0 Å². The minimum absolute atomic E-state index is 0.139. The van der Waals surface area contributed by atoms with E-state index in [1.54, 1.807) is 13.2 Å². The average molecular weight is 325 g/mol. The second-order valence-corrected chi connectivity index (χ2v) is 6.31. The molecule has 4 nitrogen and oxygen atoms in total. The Morgan fingerprint density at radius 3 is 2.75 bits per heavy atom. The van der Waals surface area contributed by atoms with E-state index in [2.05, 4.69) is 12.2 Å². The predicted octanol–water partition coefficient (Wildman–Crippen LogP) is 3.88. The topological polar surface area (TPSA) is 51.5 Å². The molecular formula is C20H23NO3. The maximum atomic E-state index is 12.0. The fourth-order valence-electron chi connectivity index (χ4n) is 2.80. The van der Waals surface area contributed by atoms with Crippen LogP contribution in [0.1, 0.15) is 41.9 Å². The molecule has 0 bridgehead atoms. The van der Waals surface area contributed by atoms with Gasteiger partial charge in [-0.2, -0.15) is 0 Å². The van der Waals surface area contributed by atoms with Gasteiger partial charge in [-0.1, -0.05) is 31.2 Å². The second-order valence-electron chi connectivity index (χ2n) is 6.31. The average Bonchev–Trinajstić information content (AvgIpc) is 3.13. The van der Waals surface area contributed by atoms with Crippen LogP contribution in [0.3, 0.4) is 0 Å². The van der Waals surface area contributed by atoms with E-state index in [1.807, 2.05) is 36.4 Å². The number of ether oxygens (including phenoxy) is 1. The van der Waals surface area contributed by atoms with Gasteiger partial charge >= 0.3 is 0 Å². The highest BCUT2D eigenvalue weighted by Gasteiger charge is 2.36. The number of rotatable bonds is 7. The van der Waals surface area contributed by atoms with Crippen LogP contribution in [0.4, 0.5) is 0 Å². The van der Waals surface area contributed by atoms with Gasteiger partial charge in [0.15, 0.2) is 0 Å². The molecule has 0 aliphatic heterocycles. The molecule has 1 amide bonds. The monoisotopic (exact) mass is 325 g/mol. The Morgan fingerprint density at radius 1 is 1.29 bits per heavy atom. The van der Waals surface area contributed by atoms with Gasteiger partial charge in [0.2, 0.25) is 5.91 Å². The highest BCUT2D eigenvalue weighted by molar-refractivity contribution is 5.91. The first kappa shape index (κ1) is 16.5. The minimum atomic E-state index is -0.139. The van der Waals surface area contributed by atoms with Crippen molar-refractivity contribution in [2.24, 2.45) is 5.92 Å². The zero-order valence-electron chi connectivity index (χ0n) is 14.1. The minimum Gasteiger partial charge on any atom is -0.461 e. The van der Waals surface area contributed by atoms with E-state index in [0.717, 1.165) is 22.6 Å². The molecule has 1 saturated carbocycles. The Bertz CT molecular complexity index is 732. The third kappa shape index (κ3) is 4.15. The zero-order valence-corrected chi connectivity index (χ0v) is 14.1. The van der Waals surface area contributed by atoms with E-state index in [-0.39, 0.29) is 5.91 Å². The summed E-state index contributed by atoms with van der Waals surface area (Å²) in [6, 6.07) is 11.8. The van der Waals surface area contributed by atoms with Gasteiger partial charge in [-0.15, -0.1) is 0 Å². The number of hydrogen-bond donors (Lipinski definition) is 1. The summed E-state index contributed by atoms with van der Waals surface area (Å²) in [5.41, 5.74) is 2.14. The summed E-state index contributed by atoms with van der Waals surface area (Å²) in [6.07, 6.45) is 4.42. The molecule has 0 saturated heterocycles. The van der Waals surface area contributed by atoms with Crippen molar-refractivity contribution in [2.45, 2.75) is 32.4 Å². The maximum Gasteiger partial charge on any atom is 0.244 e. The molecular weight excluding hydrogens is 302 g/mol. The zero-order chi connectivity index (χ0) is 16.9. The van der Waals surface area contributed by atoms with E-state index in [0.29, 0.717) is 25.0 Å². The van der Waals surface area contributed by atoms with Gasteiger partial charge in [0.05, 0.1) is 6.61 Å². The largest absolute Gasteiger partial charge is 0.461 e. The Balaban J connectivity index is 1.53. The summed E-state index contributed by atoms with van der Waals surface area (Å²) >= 11 is 0. The lowest BCUT2D eigenvalue weighted by Crippen LogP contribution is -2.21. The number of nitrogens with one attached hydrogen (secondary N) is 1. The molecule has 1 fully saturated rings. The van der Waals surface area contributed by atoms with E-state index in [1.165, 1.54) is 12.5 Å². The van der Waals surface area contributed by atoms with E-state index in [4.69, 9.17) is 9.15 Å². The van der Waals surface area contributed by atoms with E-state index >= 15 is 0 Å². The molecule has 1 aromatic heterocycles. The van der Waals surface area contributed by atoms with Gasteiger partial charge in [0.1, 0.15) is 11.5 Å². The molecule has 1 heterocycles. The van der Waals surface area contributed by atoms with Gasteiger partial charge in [0.25, 0.3) is 0 Å². The quantitative estimate of drug-likeness (QED) is 0.786. The van der Waals surface area contributed by atoms with Crippen LogP contribution in [0.25, 0.3) is 6.08 Å². The number of methoxy groups -OCH3 is 1. The summed E-state index contributed by atoms with van der Waals surface area (Å²) in [4.78, 5) is 12.0. The number of furan rings is 1. The highest BCUT2D eigenvalue weighted by Crippen LogP contribution is 2.47. The molecule has 0 radical (unpaired) electrons. The molecule has 126 valence electrons. The Hall–Kier alpha value is -2.33. The van der Waals surface area contributed by atoms with Crippen LogP contribution in [0.15, 0.2) is 46.9 Å². The van der Waals surface area contributed by atoms with Crippen molar-refractivity contribution in [3.8, 4) is 0 Å². The van der Waals surface area contributed by atoms with Crippen LogP contribution in [-0.2, 0) is 22.7 Å². The normalized spacial score (nSPS) is 19.6. The molecule has 1 N–H and O–H groups in total. The van der Waals surface area contributed by atoms with Crippen LogP contribution >= 0.6 is 0 Å². The lowest BCUT2D eigenvalue weighted by atomic mass is 10.1. The number of carbonyl (C=O) groups is 1. The number of carbonyl (C=O) groups excluding carboxylic acids is 1.